The third-order valence-corrected chi connectivity index (χ3v) is 28.0. The van der Waals surface area contributed by atoms with Crippen LogP contribution in [0.5, 0.6) is 0 Å². The summed E-state index contributed by atoms with van der Waals surface area (Å²) in [6.07, 6.45) is 1.98. The number of thiophene rings is 2. The molecule has 1 aliphatic heterocycles. The Hall–Kier alpha value is -2.11. The molecule has 3 heterocycles. The monoisotopic (exact) mass is 726 g/mol. The van der Waals surface area contributed by atoms with Crippen LogP contribution in [0.2, 0.25) is 36.3 Å². The molecule has 0 radical (unpaired) electrons. The molecule has 2 nitrogen and oxygen atoms in total. The summed E-state index contributed by atoms with van der Waals surface area (Å²) in [5, 5.41) is 11.0. The van der Waals surface area contributed by atoms with Crippen LogP contribution in [0.15, 0.2) is 107 Å². The van der Waals surface area contributed by atoms with Crippen molar-refractivity contribution in [1.82, 2.24) is 0 Å². The summed E-state index contributed by atoms with van der Waals surface area (Å²) in [6, 6.07) is 32.2. The molecule has 0 unspecified atom stereocenters. The van der Waals surface area contributed by atoms with Crippen LogP contribution < -0.4 is 10.4 Å². The van der Waals surface area contributed by atoms with Crippen LogP contribution in [0, 0.1) is 5.41 Å². The van der Waals surface area contributed by atoms with E-state index in [9.17, 15) is 0 Å². The molecule has 4 aromatic rings. The molecular weight excluding hydrogens is 673 g/mol. The minimum Gasteiger partial charge on any atom is -0.416 e. The van der Waals surface area contributed by atoms with Crippen molar-refractivity contribution in [3.8, 4) is 0 Å². The van der Waals surface area contributed by atoms with Crippen molar-refractivity contribution in [1.29, 1.82) is 0 Å². The molecule has 1 fully saturated rings. The quantitative estimate of drug-likeness (QED) is 0.152. The van der Waals surface area contributed by atoms with Gasteiger partial charge in [0.1, 0.15) is 0 Å². The topological polar surface area (TPSA) is 18.5 Å². The van der Waals surface area contributed by atoms with Crippen molar-refractivity contribution < 1.29 is 8.85 Å². The second kappa shape index (κ2) is 12.9. The molecule has 48 heavy (non-hydrogen) atoms. The summed E-state index contributed by atoms with van der Waals surface area (Å²) >= 11 is 3.81. The molecule has 1 aliphatic carbocycles. The van der Waals surface area contributed by atoms with Crippen LogP contribution in [0.1, 0.15) is 64.1 Å². The first-order valence-electron chi connectivity index (χ1n) is 17.5. The summed E-state index contributed by atoms with van der Waals surface area (Å²) in [5.41, 5.74) is 3.02. The van der Waals surface area contributed by atoms with Crippen molar-refractivity contribution in [2.24, 2.45) is 5.41 Å². The Balaban J connectivity index is 1.62. The number of hydrogen-bond acceptors (Lipinski definition) is 4. The molecule has 0 atom stereocenters. The summed E-state index contributed by atoms with van der Waals surface area (Å²) in [7, 11) is -6.68. The first kappa shape index (κ1) is 35.7. The van der Waals surface area contributed by atoms with Crippen LogP contribution >= 0.6 is 22.7 Å². The fraction of sp³-hybridized carbons (Fsp3) is 0.415. The Labute approximate surface area is 301 Å². The zero-order chi connectivity index (χ0) is 34.6. The minimum absolute atomic E-state index is 0.116. The van der Waals surface area contributed by atoms with Crippen molar-refractivity contribution in [2.75, 3.05) is 13.2 Å². The summed E-state index contributed by atoms with van der Waals surface area (Å²) in [6.45, 7) is 25.2. The first-order chi connectivity index (χ1) is 22.5. The summed E-state index contributed by atoms with van der Waals surface area (Å²) < 4.78 is 14.4. The standard InChI is InChI=1S/C41H54O2S2Si3/c1-39(2,3)46(7,8)42-29-41(30-43-47(9,10)40(4,5)6)27-33-34(28-41)38(36-24-18-26-45-36)48(31-19-13-11-14-20-31,32-21-15-12-16-22-32)37(33)35-23-17-25-44-35/h11-26H,27-30H2,1-10H3. The van der Waals surface area contributed by atoms with E-state index in [1.165, 1.54) is 20.1 Å². The van der Waals surface area contributed by atoms with Crippen molar-refractivity contribution in [3.05, 3.63) is 117 Å². The molecule has 0 bridgehead atoms. The van der Waals surface area contributed by atoms with Gasteiger partial charge in [0, 0.05) is 28.4 Å². The average molecular weight is 727 g/mol. The lowest BCUT2D eigenvalue weighted by molar-refractivity contribution is 0.0759. The van der Waals surface area contributed by atoms with Gasteiger partial charge in [-0.15, -0.1) is 22.7 Å². The van der Waals surface area contributed by atoms with Gasteiger partial charge < -0.3 is 8.85 Å². The Morgan fingerprint density at radius 3 is 1.27 bits per heavy atom. The van der Waals surface area contributed by atoms with E-state index < -0.39 is 24.7 Å². The molecule has 1 saturated carbocycles. The van der Waals surface area contributed by atoms with E-state index in [1.54, 1.807) is 21.5 Å². The van der Waals surface area contributed by atoms with Gasteiger partial charge in [-0.1, -0.05) is 114 Å². The van der Waals surface area contributed by atoms with Gasteiger partial charge in [0.25, 0.3) is 0 Å². The minimum atomic E-state index is -2.67. The maximum Gasteiger partial charge on any atom is 0.192 e. The number of benzene rings is 2. The third kappa shape index (κ3) is 6.22. The van der Waals surface area contributed by atoms with Gasteiger partial charge >= 0.3 is 0 Å². The van der Waals surface area contributed by atoms with E-state index in [2.05, 4.69) is 163 Å². The van der Waals surface area contributed by atoms with Gasteiger partial charge in [0.15, 0.2) is 24.7 Å². The lowest BCUT2D eigenvalue weighted by Gasteiger charge is -2.43. The molecule has 2 aromatic carbocycles. The molecule has 0 amide bonds. The highest BCUT2D eigenvalue weighted by molar-refractivity contribution is 7.31. The van der Waals surface area contributed by atoms with Gasteiger partial charge in [-0.3, -0.25) is 0 Å². The number of fused-ring (bicyclic) bond motifs is 1. The highest BCUT2D eigenvalue weighted by Gasteiger charge is 2.58. The molecular formula is C41H54O2S2Si3. The maximum atomic E-state index is 7.22. The SMILES string of the molecule is CC(C)(C)[Si](C)(C)OCC1(CO[Si](C)(C)C(C)(C)C)CC2=C(c3cccs3)[Si](c3ccccc3)(c3ccccc3)C(c3cccs3)=C2C1. The largest absolute Gasteiger partial charge is 0.416 e. The van der Waals surface area contributed by atoms with E-state index in [1.807, 2.05) is 22.7 Å². The first-order valence-corrected chi connectivity index (χ1v) is 27.0. The van der Waals surface area contributed by atoms with E-state index >= 15 is 0 Å². The molecule has 254 valence electrons. The number of allylic oxidation sites excluding steroid dienone is 2. The van der Waals surface area contributed by atoms with Gasteiger partial charge in [0.05, 0.1) is 0 Å². The Morgan fingerprint density at radius 1 is 0.583 bits per heavy atom. The molecule has 0 saturated heterocycles. The van der Waals surface area contributed by atoms with Crippen LogP contribution in [-0.2, 0) is 8.85 Å². The van der Waals surface area contributed by atoms with Crippen LogP contribution in [-0.4, -0.2) is 37.9 Å². The third-order valence-electron chi connectivity index (χ3n) is 11.9. The predicted octanol–water partition coefficient (Wildman–Crippen LogP) is 11.2. The van der Waals surface area contributed by atoms with Gasteiger partial charge in [0.2, 0.25) is 0 Å². The fourth-order valence-electron chi connectivity index (χ4n) is 7.06. The molecule has 6 rings (SSSR count). The second-order valence-corrected chi connectivity index (χ2v) is 32.3. The average Bonchev–Trinajstić information content (AvgIpc) is 3.84. The van der Waals surface area contributed by atoms with E-state index in [0.29, 0.717) is 0 Å². The Bertz CT molecular complexity index is 1640. The second-order valence-electron chi connectivity index (χ2n) is 17.1. The van der Waals surface area contributed by atoms with Gasteiger partial charge in [-0.2, -0.15) is 0 Å². The zero-order valence-electron chi connectivity index (χ0n) is 30.7. The maximum absolute atomic E-state index is 7.22. The van der Waals surface area contributed by atoms with Crippen LogP contribution in [0.4, 0.5) is 0 Å². The molecule has 7 heteroatoms. The normalized spacial score (nSPS) is 18.1. The van der Waals surface area contributed by atoms with Gasteiger partial charge in [-0.25, -0.2) is 0 Å². The lowest BCUT2D eigenvalue weighted by atomic mass is 9.87. The van der Waals surface area contributed by atoms with Crippen LogP contribution in [0.3, 0.4) is 0 Å². The van der Waals surface area contributed by atoms with Crippen molar-refractivity contribution in [2.45, 2.75) is 90.6 Å². The molecule has 2 aromatic heterocycles. The number of rotatable bonds is 10. The molecule has 2 aliphatic rings. The Morgan fingerprint density at radius 2 is 0.958 bits per heavy atom. The predicted molar refractivity (Wildman–Crippen MR) is 218 cm³/mol. The Kier molecular flexibility index (Phi) is 9.59. The van der Waals surface area contributed by atoms with Crippen molar-refractivity contribution in [3.63, 3.8) is 0 Å². The lowest BCUT2D eigenvalue weighted by Crippen LogP contribution is -2.59. The summed E-state index contributed by atoms with van der Waals surface area (Å²) in [4.78, 5) is 2.83. The molecule has 0 spiro atoms. The van der Waals surface area contributed by atoms with Crippen molar-refractivity contribution >= 4 is 68.1 Å². The summed E-state index contributed by atoms with van der Waals surface area (Å²) in [5.74, 6) is 0. The highest BCUT2D eigenvalue weighted by atomic mass is 32.1. The van der Waals surface area contributed by atoms with E-state index in [0.717, 1.165) is 26.1 Å². The van der Waals surface area contributed by atoms with E-state index in [-0.39, 0.29) is 15.5 Å². The smallest absolute Gasteiger partial charge is 0.192 e. The zero-order valence-corrected chi connectivity index (χ0v) is 35.3. The fourth-order valence-corrected chi connectivity index (χ4v) is 17.3. The molecule has 0 N–H and O–H groups in total. The van der Waals surface area contributed by atoms with Gasteiger partial charge in [-0.05, 0) is 104 Å². The van der Waals surface area contributed by atoms with E-state index in [4.69, 9.17) is 8.85 Å². The highest BCUT2D eigenvalue weighted by Crippen LogP contribution is 2.60. The van der Waals surface area contributed by atoms with Crippen LogP contribution in [0.25, 0.3) is 10.4 Å². The number of hydrogen-bond donors (Lipinski definition) is 0.